The Morgan fingerprint density at radius 3 is 2.26 bits per heavy atom. The minimum absolute atomic E-state index is 0.0574. The Hall–Kier alpha value is -1.97. The molecule has 10 heteroatoms. The van der Waals surface area contributed by atoms with Gasteiger partial charge in [0.15, 0.2) is 0 Å². The van der Waals surface area contributed by atoms with Crippen LogP contribution in [0.1, 0.15) is 52.9 Å². The first-order valence-corrected chi connectivity index (χ1v) is 10.8. The number of methoxy groups -OCH3 is 1. The predicted octanol–water partition coefficient (Wildman–Crippen LogP) is 2.66. The SMILES string of the molecule is CCN(C)C(=O)N1C[C@@H](N(C(=O)C(C)(C)COC)C2CCC(F)(F)CC2)C[C@H]1C(=O)O. The van der Waals surface area contributed by atoms with E-state index in [9.17, 15) is 28.3 Å². The normalized spacial score (nSPS) is 24.2. The molecule has 0 radical (unpaired) electrons. The van der Waals surface area contributed by atoms with E-state index in [-0.39, 0.29) is 51.2 Å². The number of rotatable bonds is 7. The number of carboxylic acids is 1. The van der Waals surface area contributed by atoms with Crippen molar-refractivity contribution in [3.05, 3.63) is 0 Å². The Labute approximate surface area is 182 Å². The topological polar surface area (TPSA) is 90.4 Å². The Morgan fingerprint density at radius 1 is 1.19 bits per heavy atom. The number of nitrogens with zero attached hydrogens (tertiary/aromatic N) is 3. The lowest BCUT2D eigenvalue weighted by Crippen LogP contribution is -2.55. The number of hydrogen-bond donors (Lipinski definition) is 1. The average Bonchev–Trinajstić information content (AvgIpc) is 3.13. The Balaban J connectivity index is 2.35. The molecule has 2 aliphatic rings. The highest BCUT2D eigenvalue weighted by atomic mass is 19.3. The van der Waals surface area contributed by atoms with Crippen molar-refractivity contribution < 1.29 is 33.0 Å². The minimum atomic E-state index is -2.75. The first-order valence-electron chi connectivity index (χ1n) is 10.8. The van der Waals surface area contributed by atoms with E-state index in [4.69, 9.17) is 4.74 Å². The van der Waals surface area contributed by atoms with Crippen LogP contribution in [0.3, 0.4) is 0 Å². The van der Waals surface area contributed by atoms with Gasteiger partial charge in [0.2, 0.25) is 11.8 Å². The van der Waals surface area contributed by atoms with Crippen molar-refractivity contribution in [3.8, 4) is 0 Å². The summed E-state index contributed by atoms with van der Waals surface area (Å²) in [5, 5.41) is 9.71. The van der Waals surface area contributed by atoms with Gasteiger partial charge in [-0.05, 0) is 33.6 Å². The van der Waals surface area contributed by atoms with Crippen LogP contribution in [0.15, 0.2) is 0 Å². The summed E-state index contributed by atoms with van der Waals surface area (Å²) in [6.45, 7) is 5.84. The maximum Gasteiger partial charge on any atom is 0.326 e. The number of halogens is 2. The van der Waals surface area contributed by atoms with Crippen LogP contribution in [0.5, 0.6) is 0 Å². The highest BCUT2D eigenvalue weighted by Gasteiger charge is 2.49. The molecule has 1 N–H and O–H groups in total. The number of carbonyl (C=O) groups is 3. The molecule has 0 aromatic carbocycles. The maximum absolute atomic E-state index is 13.8. The van der Waals surface area contributed by atoms with E-state index >= 15 is 0 Å². The number of alkyl halides is 2. The van der Waals surface area contributed by atoms with Gasteiger partial charge in [-0.1, -0.05) is 0 Å². The maximum atomic E-state index is 13.8. The largest absolute Gasteiger partial charge is 0.480 e. The molecule has 0 bridgehead atoms. The number of ether oxygens (including phenoxy) is 1. The summed E-state index contributed by atoms with van der Waals surface area (Å²) in [6, 6.07) is -2.48. The monoisotopic (exact) mass is 447 g/mol. The van der Waals surface area contributed by atoms with E-state index < -0.39 is 41.5 Å². The third-order valence-corrected chi connectivity index (χ3v) is 6.40. The Kier molecular flexibility index (Phi) is 7.89. The van der Waals surface area contributed by atoms with Crippen LogP contribution < -0.4 is 0 Å². The van der Waals surface area contributed by atoms with Gasteiger partial charge in [-0.25, -0.2) is 18.4 Å². The van der Waals surface area contributed by atoms with Crippen molar-refractivity contribution in [2.75, 3.05) is 33.9 Å². The van der Waals surface area contributed by atoms with Crippen LogP contribution in [-0.2, 0) is 14.3 Å². The van der Waals surface area contributed by atoms with Gasteiger partial charge >= 0.3 is 12.0 Å². The van der Waals surface area contributed by atoms with E-state index in [1.807, 2.05) is 0 Å². The summed E-state index contributed by atoms with van der Waals surface area (Å²) in [5.41, 5.74) is -0.912. The molecule has 0 unspecified atom stereocenters. The molecule has 3 amide bonds. The zero-order valence-corrected chi connectivity index (χ0v) is 19.1. The predicted molar refractivity (Wildman–Crippen MR) is 110 cm³/mol. The molecular weight excluding hydrogens is 412 g/mol. The van der Waals surface area contributed by atoms with Gasteiger partial charge in [0.1, 0.15) is 6.04 Å². The lowest BCUT2D eigenvalue weighted by Gasteiger charge is -2.43. The summed E-state index contributed by atoms with van der Waals surface area (Å²) >= 11 is 0. The van der Waals surface area contributed by atoms with Gasteiger partial charge < -0.3 is 24.5 Å². The van der Waals surface area contributed by atoms with E-state index in [2.05, 4.69) is 0 Å². The molecule has 1 saturated heterocycles. The van der Waals surface area contributed by atoms with E-state index in [0.29, 0.717) is 6.54 Å². The van der Waals surface area contributed by atoms with Crippen LogP contribution in [0.25, 0.3) is 0 Å². The smallest absolute Gasteiger partial charge is 0.326 e. The summed E-state index contributed by atoms with van der Waals surface area (Å²) in [6.07, 6.45) is -0.289. The fraction of sp³-hybridized carbons (Fsp3) is 0.857. The first-order chi connectivity index (χ1) is 14.3. The number of carboxylic acid groups (broad SMARTS) is 1. The minimum Gasteiger partial charge on any atom is -0.480 e. The number of carbonyl (C=O) groups excluding carboxylic acids is 2. The summed E-state index contributed by atoms with van der Waals surface area (Å²) in [7, 11) is 3.07. The number of amides is 3. The van der Waals surface area contributed by atoms with E-state index in [1.54, 1.807) is 32.7 Å². The van der Waals surface area contributed by atoms with Crippen LogP contribution in [-0.4, -0.2) is 95.6 Å². The molecule has 1 aliphatic heterocycles. The summed E-state index contributed by atoms with van der Waals surface area (Å²) < 4.78 is 32.7. The molecule has 1 saturated carbocycles. The molecule has 1 aliphatic carbocycles. The van der Waals surface area contributed by atoms with E-state index in [0.717, 1.165) is 0 Å². The van der Waals surface area contributed by atoms with Crippen LogP contribution in [0.2, 0.25) is 0 Å². The molecule has 2 rings (SSSR count). The quantitative estimate of drug-likeness (QED) is 0.648. The van der Waals surface area contributed by atoms with Crippen LogP contribution >= 0.6 is 0 Å². The molecule has 2 fully saturated rings. The third-order valence-electron chi connectivity index (χ3n) is 6.40. The van der Waals surface area contributed by atoms with Crippen molar-refractivity contribution in [2.45, 2.75) is 76.9 Å². The number of urea groups is 1. The zero-order chi connectivity index (χ0) is 23.6. The van der Waals surface area contributed by atoms with Gasteiger partial charge in [-0.2, -0.15) is 0 Å². The second kappa shape index (κ2) is 9.67. The molecule has 0 spiro atoms. The zero-order valence-electron chi connectivity index (χ0n) is 19.1. The van der Waals surface area contributed by atoms with Crippen LogP contribution in [0.4, 0.5) is 13.6 Å². The van der Waals surface area contributed by atoms with Crippen molar-refractivity contribution >= 4 is 17.9 Å². The standard InChI is InChI=1S/C21H35F2N3O5/c1-6-24(4)19(30)25-12-15(11-16(25)17(27)28)26(18(29)20(2,3)13-31-5)14-7-9-21(22,23)10-8-14/h14-16H,6-13H2,1-5H3,(H,27,28)/t15-,16-/m0/s1. The Bertz CT molecular complexity index is 678. The van der Waals surface area contributed by atoms with Crippen LogP contribution in [0, 0.1) is 5.41 Å². The molecule has 31 heavy (non-hydrogen) atoms. The molecule has 8 nitrogen and oxygen atoms in total. The number of likely N-dealkylation sites (tertiary alicyclic amines) is 1. The van der Waals surface area contributed by atoms with Crippen molar-refractivity contribution in [3.63, 3.8) is 0 Å². The molecule has 0 aromatic rings. The molecule has 0 aromatic heterocycles. The fourth-order valence-corrected chi connectivity index (χ4v) is 4.52. The van der Waals surface area contributed by atoms with E-state index in [1.165, 1.54) is 16.9 Å². The van der Waals surface area contributed by atoms with Gasteiger partial charge in [-0.15, -0.1) is 0 Å². The average molecular weight is 448 g/mol. The van der Waals surface area contributed by atoms with Crippen molar-refractivity contribution in [1.29, 1.82) is 0 Å². The van der Waals surface area contributed by atoms with Crippen molar-refractivity contribution in [2.24, 2.45) is 5.41 Å². The molecule has 178 valence electrons. The highest BCUT2D eigenvalue weighted by Crippen LogP contribution is 2.39. The summed E-state index contributed by atoms with van der Waals surface area (Å²) in [4.78, 5) is 42.5. The molecular formula is C21H35F2N3O5. The van der Waals surface area contributed by atoms with Gasteiger partial charge in [0.05, 0.1) is 18.1 Å². The van der Waals surface area contributed by atoms with Gasteiger partial charge in [0, 0.05) is 52.6 Å². The fourth-order valence-electron chi connectivity index (χ4n) is 4.52. The van der Waals surface area contributed by atoms with Gasteiger partial charge in [-0.3, -0.25) is 4.79 Å². The van der Waals surface area contributed by atoms with Crippen molar-refractivity contribution in [1.82, 2.24) is 14.7 Å². The number of aliphatic carboxylic acids is 1. The number of hydrogen-bond acceptors (Lipinski definition) is 4. The Morgan fingerprint density at radius 2 is 1.77 bits per heavy atom. The lowest BCUT2D eigenvalue weighted by molar-refractivity contribution is -0.152. The summed E-state index contributed by atoms with van der Waals surface area (Å²) in [5.74, 6) is -4.16. The molecule has 1 heterocycles. The molecule has 2 atom stereocenters. The van der Waals surface area contributed by atoms with Gasteiger partial charge in [0.25, 0.3) is 0 Å². The third kappa shape index (κ3) is 5.64. The first kappa shape index (κ1) is 25.3. The lowest BCUT2D eigenvalue weighted by atomic mass is 9.86. The highest BCUT2D eigenvalue weighted by molar-refractivity contribution is 5.85. The second-order valence-corrected chi connectivity index (χ2v) is 9.31. The second-order valence-electron chi connectivity index (χ2n) is 9.31.